The molecule has 2 N–H and O–H groups in total. The summed E-state index contributed by atoms with van der Waals surface area (Å²) in [6, 6.07) is 8.82. The van der Waals surface area contributed by atoms with Gasteiger partial charge >= 0.3 is 0 Å². The highest BCUT2D eigenvalue weighted by atomic mass is 127. The van der Waals surface area contributed by atoms with E-state index in [4.69, 9.17) is 0 Å². The lowest BCUT2D eigenvalue weighted by atomic mass is 10.0. The molecule has 1 aromatic rings. The standard InChI is InChI=1S/C21H34N4S.HI/c1-21(11-8-14-26-21)17-24-20(22-2)23-15-18-9-4-5-10-19(18)16-25-12-6-3-7-13-25;/h4-5,9-10H,3,6-8,11-17H2,1-2H3,(H2,22,23,24);1H. The molecule has 6 heteroatoms. The van der Waals surface area contributed by atoms with E-state index in [1.54, 1.807) is 0 Å². The fourth-order valence-electron chi connectivity index (χ4n) is 3.89. The van der Waals surface area contributed by atoms with Crippen LogP contribution in [-0.2, 0) is 13.1 Å². The zero-order chi connectivity index (χ0) is 18.2. The summed E-state index contributed by atoms with van der Waals surface area (Å²) in [7, 11) is 1.86. The summed E-state index contributed by atoms with van der Waals surface area (Å²) in [6.07, 6.45) is 6.69. The number of hydrogen-bond acceptors (Lipinski definition) is 3. The molecule has 0 radical (unpaired) electrons. The molecule has 0 aromatic heterocycles. The van der Waals surface area contributed by atoms with Crippen LogP contribution in [0.1, 0.15) is 50.2 Å². The fraction of sp³-hybridized carbons (Fsp3) is 0.667. The lowest BCUT2D eigenvalue weighted by molar-refractivity contribution is 0.220. The van der Waals surface area contributed by atoms with Gasteiger partial charge in [0.2, 0.25) is 0 Å². The minimum atomic E-state index is 0. The van der Waals surface area contributed by atoms with Crippen molar-refractivity contribution in [3.63, 3.8) is 0 Å². The third-order valence-corrected chi connectivity index (χ3v) is 7.10. The Hall–Kier alpha value is -0.470. The average molecular weight is 503 g/mol. The van der Waals surface area contributed by atoms with Gasteiger partial charge in [-0.1, -0.05) is 30.7 Å². The molecule has 0 spiro atoms. The molecule has 0 aliphatic carbocycles. The van der Waals surface area contributed by atoms with Crippen molar-refractivity contribution in [2.45, 2.75) is 56.9 Å². The summed E-state index contributed by atoms with van der Waals surface area (Å²) < 4.78 is 0.351. The first kappa shape index (κ1) is 22.8. The Kier molecular flexibility index (Phi) is 9.73. The lowest BCUT2D eigenvalue weighted by Crippen LogP contribution is -2.43. The third-order valence-electron chi connectivity index (χ3n) is 5.56. The van der Waals surface area contributed by atoms with Crippen molar-refractivity contribution in [2.75, 3.05) is 32.4 Å². The number of thioether (sulfide) groups is 1. The average Bonchev–Trinajstić information content (AvgIpc) is 3.11. The number of aliphatic imine (C=N–C) groups is 1. The molecule has 2 fully saturated rings. The number of nitrogens with zero attached hydrogens (tertiary/aromatic N) is 2. The smallest absolute Gasteiger partial charge is 0.191 e. The SMILES string of the molecule is CN=C(NCc1ccccc1CN1CCCCC1)NCC1(C)CCCS1.I. The molecule has 0 saturated carbocycles. The van der Waals surface area contributed by atoms with Crippen molar-refractivity contribution in [3.8, 4) is 0 Å². The first-order valence-corrected chi connectivity index (χ1v) is 11.0. The molecular formula is C21H35IN4S. The fourth-order valence-corrected chi connectivity index (χ4v) is 5.13. The molecule has 27 heavy (non-hydrogen) atoms. The second-order valence-electron chi connectivity index (χ2n) is 7.79. The molecule has 4 nitrogen and oxygen atoms in total. The van der Waals surface area contributed by atoms with Gasteiger partial charge in [-0.05, 0) is 62.6 Å². The van der Waals surface area contributed by atoms with Crippen LogP contribution in [0.15, 0.2) is 29.3 Å². The van der Waals surface area contributed by atoms with Gasteiger partial charge in [-0.2, -0.15) is 11.8 Å². The van der Waals surface area contributed by atoms with E-state index in [1.165, 1.54) is 62.1 Å². The van der Waals surface area contributed by atoms with Crippen LogP contribution >= 0.6 is 35.7 Å². The Morgan fingerprint density at radius 1 is 1.11 bits per heavy atom. The van der Waals surface area contributed by atoms with E-state index in [0.29, 0.717) is 4.75 Å². The number of likely N-dealkylation sites (tertiary alicyclic amines) is 1. The molecule has 0 amide bonds. The summed E-state index contributed by atoms with van der Waals surface area (Å²) >= 11 is 2.08. The second kappa shape index (κ2) is 11.5. The molecular weight excluding hydrogens is 467 g/mol. The van der Waals surface area contributed by atoms with Gasteiger partial charge in [-0.25, -0.2) is 0 Å². The molecule has 0 bridgehead atoms. The van der Waals surface area contributed by atoms with E-state index in [2.05, 4.69) is 63.5 Å². The van der Waals surface area contributed by atoms with Gasteiger partial charge in [0.05, 0.1) is 0 Å². The van der Waals surface area contributed by atoms with Gasteiger partial charge in [0.15, 0.2) is 5.96 Å². The van der Waals surface area contributed by atoms with Gasteiger partial charge in [-0.3, -0.25) is 9.89 Å². The lowest BCUT2D eigenvalue weighted by Gasteiger charge is -2.27. The first-order chi connectivity index (χ1) is 12.7. The summed E-state index contributed by atoms with van der Waals surface area (Å²) in [5.74, 6) is 2.19. The van der Waals surface area contributed by atoms with Crippen LogP contribution in [0, 0.1) is 0 Å². The molecule has 1 atom stereocenters. The van der Waals surface area contributed by atoms with Gasteiger partial charge < -0.3 is 10.6 Å². The Morgan fingerprint density at radius 3 is 2.52 bits per heavy atom. The van der Waals surface area contributed by atoms with Crippen molar-refractivity contribution < 1.29 is 0 Å². The number of hydrogen-bond donors (Lipinski definition) is 2. The molecule has 2 heterocycles. The molecule has 152 valence electrons. The van der Waals surface area contributed by atoms with Gasteiger partial charge in [-0.15, -0.1) is 24.0 Å². The van der Waals surface area contributed by atoms with Gasteiger partial charge in [0.1, 0.15) is 0 Å². The van der Waals surface area contributed by atoms with Crippen LogP contribution in [0.3, 0.4) is 0 Å². The zero-order valence-electron chi connectivity index (χ0n) is 16.8. The minimum absolute atomic E-state index is 0. The normalized spacial score (nSPS) is 23.7. The van der Waals surface area contributed by atoms with Crippen molar-refractivity contribution >= 4 is 41.7 Å². The Bertz CT molecular complexity index is 596. The van der Waals surface area contributed by atoms with Gasteiger partial charge in [0.25, 0.3) is 0 Å². The summed E-state index contributed by atoms with van der Waals surface area (Å²) in [4.78, 5) is 7.01. The highest BCUT2D eigenvalue weighted by molar-refractivity contribution is 14.0. The Morgan fingerprint density at radius 2 is 1.85 bits per heavy atom. The summed E-state index contributed by atoms with van der Waals surface area (Å²) in [5.41, 5.74) is 2.82. The van der Waals surface area contributed by atoms with E-state index >= 15 is 0 Å². The van der Waals surface area contributed by atoms with Crippen LogP contribution < -0.4 is 10.6 Å². The number of guanidine groups is 1. The van der Waals surface area contributed by atoms with E-state index in [0.717, 1.165) is 25.6 Å². The van der Waals surface area contributed by atoms with Crippen molar-refractivity contribution in [3.05, 3.63) is 35.4 Å². The van der Waals surface area contributed by atoms with E-state index in [-0.39, 0.29) is 24.0 Å². The van der Waals surface area contributed by atoms with Crippen molar-refractivity contribution in [1.29, 1.82) is 0 Å². The maximum absolute atomic E-state index is 4.42. The Balaban J connectivity index is 0.00000261. The molecule has 2 aliphatic heterocycles. The van der Waals surface area contributed by atoms with E-state index < -0.39 is 0 Å². The maximum atomic E-state index is 4.42. The van der Waals surface area contributed by atoms with Crippen molar-refractivity contribution in [2.24, 2.45) is 4.99 Å². The van der Waals surface area contributed by atoms with Crippen LogP contribution in [0.25, 0.3) is 0 Å². The molecule has 3 rings (SSSR count). The van der Waals surface area contributed by atoms with Gasteiger partial charge in [0, 0.05) is 31.4 Å². The predicted molar refractivity (Wildman–Crippen MR) is 129 cm³/mol. The van der Waals surface area contributed by atoms with Crippen LogP contribution in [-0.4, -0.2) is 48.0 Å². The van der Waals surface area contributed by atoms with Crippen LogP contribution in [0.2, 0.25) is 0 Å². The topological polar surface area (TPSA) is 39.7 Å². The summed E-state index contributed by atoms with van der Waals surface area (Å²) in [5, 5.41) is 7.05. The predicted octanol–water partition coefficient (Wildman–Crippen LogP) is 4.24. The molecule has 2 aliphatic rings. The maximum Gasteiger partial charge on any atom is 0.191 e. The summed E-state index contributed by atoms with van der Waals surface area (Å²) in [6.45, 7) is 7.71. The van der Waals surface area contributed by atoms with Crippen LogP contribution in [0.4, 0.5) is 0 Å². The Labute approximate surface area is 186 Å². The third kappa shape index (κ3) is 7.13. The molecule has 1 aromatic carbocycles. The largest absolute Gasteiger partial charge is 0.355 e. The number of rotatable bonds is 6. The monoisotopic (exact) mass is 502 g/mol. The number of piperidine rings is 1. The first-order valence-electron chi connectivity index (χ1n) is 10.1. The van der Waals surface area contributed by atoms with E-state index in [1.807, 2.05) is 7.05 Å². The molecule has 2 saturated heterocycles. The quantitative estimate of drug-likeness (QED) is 0.347. The minimum Gasteiger partial charge on any atom is -0.355 e. The second-order valence-corrected chi connectivity index (χ2v) is 9.47. The highest BCUT2D eigenvalue weighted by Crippen LogP contribution is 2.36. The number of benzene rings is 1. The van der Waals surface area contributed by atoms with Crippen molar-refractivity contribution in [1.82, 2.24) is 15.5 Å². The zero-order valence-corrected chi connectivity index (χ0v) is 19.9. The highest BCUT2D eigenvalue weighted by Gasteiger charge is 2.29. The van der Waals surface area contributed by atoms with E-state index in [9.17, 15) is 0 Å². The number of nitrogens with one attached hydrogen (secondary N) is 2. The molecule has 1 unspecified atom stereocenters. The van der Waals surface area contributed by atoms with Crippen LogP contribution in [0.5, 0.6) is 0 Å². The number of halogens is 1.